The van der Waals surface area contributed by atoms with Gasteiger partial charge in [0.15, 0.2) is 9.84 Å². The van der Waals surface area contributed by atoms with E-state index in [1.807, 2.05) is 29.9 Å². The first kappa shape index (κ1) is 24.4. The Morgan fingerprint density at radius 2 is 1.81 bits per heavy atom. The maximum atomic E-state index is 12.5. The van der Waals surface area contributed by atoms with Gasteiger partial charge in [-0.1, -0.05) is 0 Å². The molecule has 4 heterocycles. The van der Waals surface area contributed by atoms with Crippen LogP contribution < -0.4 is 4.74 Å². The van der Waals surface area contributed by atoms with Crippen molar-refractivity contribution in [2.45, 2.75) is 19.5 Å². The summed E-state index contributed by atoms with van der Waals surface area (Å²) in [5.74, 6) is 0.562. The summed E-state index contributed by atoms with van der Waals surface area (Å²) in [7, 11) is -1.03. The van der Waals surface area contributed by atoms with Gasteiger partial charge in [0.25, 0.3) is 0 Å². The molecule has 11 heteroatoms. The first-order chi connectivity index (χ1) is 17.3. The van der Waals surface area contributed by atoms with Crippen molar-refractivity contribution in [2.75, 3.05) is 31.1 Å². The van der Waals surface area contributed by atoms with Crippen molar-refractivity contribution in [1.29, 1.82) is 0 Å². The summed E-state index contributed by atoms with van der Waals surface area (Å²) in [6.45, 7) is -0.847. The van der Waals surface area contributed by atoms with Gasteiger partial charge in [-0.2, -0.15) is 13.9 Å². The number of aryl methyl sites for hydroxylation is 2. The second kappa shape index (κ2) is 9.98. The summed E-state index contributed by atoms with van der Waals surface area (Å²) in [4.78, 5) is 7.12. The molecule has 1 fully saturated rings. The lowest BCUT2D eigenvalue weighted by molar-refractivity contribution is -0.0498. The average Bonchev–Trinajstić information content (AvgIpc) is 3.43. The van der Waals surface area contributed by atoms with Crippen LogP contribution in [0.4, 0.5) is 8.78 Å². The van der Waals surface area contributed by atoms with E-state index >= 15 is 0 Å². The lowest BCUT2D eigenvalue weighted by atomic mass is 10.1. The molecule has 0 saturated carbocycles. The summed E-state index contributed by atoms with van der Waals surface area (Å²) in [6, 6.07) is 10.4. The highest BCUT2D eigenvalue weighted by Gasteiger charge is 2.21. The Hall–Kier alpha value is -3.31. The Morgan fingerprint density at radius 3 is 2.47 bits per heavy atom. The van der Waals surface area contributed by atoms with Crippen molar-refractivity contribution >= 4 is 20.9 Å². The summed E-state index contributed by atoms with van der Waals surface area (Å²) in [5.41, 5.74) is 4.33. The predicted molar refractivity (Wildman–Crippen MR) is 133 cm³/mol. The Labute approximate surface area is 208 Å². The van der Waals surface area contributed by atoms with Gasteiger partial charge in [-0.3, -0.25) is 9.25 Å². The van der Waals surface area contributed by atoms with Gasteiger partial charge in [-0.15, -0.1) is 0 Å². The number of ether oxygens (including phenoxy) is 1. The number of rotatable bonds is 8. The van der Waals surface area contributed by atoms with Gasteiger partial charge in [-0.05, 0) is 61.3 Å². The molecule has 1 aliphatic rings. The van der Waals surface area contributed by atoms with Gasteiger partial charge >= 0.3 is 6.61 Å². The molecule has 0 spiro atoms. The fraction of sp³-hybridized carbons (Fsp3) is 0.360. The predicted octanol–water partition coefficient (Wildman–Crippen LogP) is 3.69. The van der Waals surface area contributed by atoms with Crippen LogP contribution in [0.5, 0.6) is 5.75 Å². The van der Waals surface area contributed by atoms with E-state index < -0.39 is 16.4 Å². The highest BCUT2D eigenvalue weighted by atomic mass is 32.2. The average molecular weight is 516 g/mol. The second-order valence-corrected chi connectivity index (χ2v) is 11.3. The number of hydrogen-bond donors (Lipinski definition) is 0. The van der Waals surface area contributed by atoms with Gasteiger partial charge in [0.2, 0.25) is 0 Å². The van der Waals surface area contributed by atoms with Crippen LogP contribution in [0.2, 0.25) is 0 Å². The third-order valence-corrected chi connectivity index (χ3v) is 8.05. The first-order valence-electron chi connectivity index (χ1n) is 11.8. The van der Waals surface area contributed by atoms with Crippen LogP contribution in [-0.4, -0.2) is 70.4 Å². The molecule has 3 aromatic heterocycles. The molecule has 1 aromatic carbocycles. The zero-order valence-electron chi connectivity index (χ0n) is 19.8. The topological polar surface area (TPSA) is 82.2 Å². The van der Waals surface area contributed by atoms with E-state index in [-0.39, 0.29) is 17.3 Å². The van der Waals surface area contributed by atoms with Crippen molar-refractivity contribution in [3.8, 4) is 22.7 Å². The van der Waals surface area contributed by atoms with E-state index in [0.29, 0.717) is 13.1 Å². The van der Waals surface area contributed by atoms with E-state index in [9.17, 15) is 17.2 Å². The molecule has 0 amide bonds. The first-order valence-corrected chi connectivity index (χ1v) is 13.6. The molecule has 0 unspecified atom stereocenters. The lowest BCUT2D eigenvalue weighted by Gasteiger charge is -2.26. The van der Waals surface area contributed by atoms with Crippen LogP contribution in [-0.2, 0) is 23.3 Å². The molecule has 0 aliphatic carbocycles. The summed E-state index contributed by atoms with van der Waals surface area (Å²) < 4.78 is 56.5. The van der Waals surface area contributed by atoms with E-state index in [4.69, 9.17) is 4.98 Å². The molecule has 36 heavy (non-hydrogen) atoms. The van der Waals surface area contributed by atoms with Crippen molar-refractivity contribution in [1.82, 2.24) is 24.2 Å². The molecule has 1 saturated heterocycles. The smallest absolute Gasteiger partial charge is 0.387 e. The Kier molecular flexibility index (Phi) is 6.76. The van der Waals surface area contributed by atoms with Gasteiger partial charge < -0.3 is 9.64 Å². The fourth-order valence-electron chi connectivity index (χ4n) is 4.53. The van der Waals surface area contributed by atoms with Gasteiger partial charge in [0.05, 0.1) is 29.1 Å². The van der Waals surface area contributed by atoms with E-state index in [0.717, 1.165) is 52.9 Å². The highest BCUT2D eigenvalue weighted by molar-refractivity contribution is 7.91. The van der Waals surface area contributed by atoms with Crippen LogP contribution in [0.25, 0.3) is 28.0 Å². The molecule has 8 nitrogen and oxygen atoms in total. The second-order valence-electron chi connectivity index (χ2n) is 8.96. The lowest BCUT2D eigenvalue weighted by Crippen LogP contribution is -2.40. The molecule has 0 bridgehead atoms. The minimum Gasteiger partial charge on any atom is -0.435 e. The number of alkyl halides is 2. The highest BCUT2D eigenvalue weighted by Crippen LogP contribution is 2.29. The van der Waals surface area contributed by atoms with E-state index in [1.54, 1.807) is 23.0 Å². The molecule has 0 N–H and O–H groups in total. The van der Waals surface area contributed by atoms with Crippen LogP contribution >= 0.6 is 0 Å². The standard InChI is InChI=1S/C25H27F2N5O3S/c1-30-17-20(15-28-30)32-16-19(3-2-10-31-11-13-36(33,34)14-12-31)22-8-9-23(29-24(22)32)18-4-6-21(7-5-18)35-25(26)27/h4-9,15-17,25H,2-3,10-14H2,1H3. The zero-order chi connectivity index (χ0) is 25.3. The summed E-state index contributed by atoms with van der Waals surface area (Å²) in [6.07, 6.45) is 7.51. The summed E-state index contributed by atoms with van der Waals surface area (Å²) >= 11 is 0. The molecule has 0 radical (unpaired) electrons. The SMILES string of the molecule is Cn1cc(-n2cc(CCCN3CCS(=O)(=O)CC3)c3ccc(-c4ccc(OC(F)F)cc4)nc32)cn1. The normalized spacial score (nSPS) is 16.1. The Morgan fingerprint density at radius 1 is 1.06 bits per heavy atom. The monoisotopic (exact) mass is 515 g/mol. The molecular weight excluding hydrogens is 488 g/mol. The van der Waals surface area contributed by atoms with Gasteiger partial charge in [-0.25, -0.2) is 13.4 Å². The Bertz CT molecular complexity index is 1450. The zero-order valence-corrected chi connectivity index (χ0v) is 20.7. The largest absolute Gasteiger partial charge is 0.435 e. The molecular formula is C25H27F2N5O3S. The minimum absolute atomic E-state index is 0.0992. The van der Waals surface area contributed by atoms with Crippen LogP contribution in [0, 0.1) is 0 Å². The van der Waals surface area contributed by atoms with E-state index in [2.05, 4.69) is 20.9 Å². The number of fused-ring (bicyclic) bond motifs is 1. The quantitative estimate of drug-likeness (QED) is 0.356. The van der Waals surface area contributed by atoms with E-state index in [1.165, 1.54) is 12.1 Å². The fourth-order valence-corrected chi connectivity index (χ4v) is 5.81. The number of sulfone groups is 1. The maximum Gasteiger partial charge on any atom is 0.387 e. The van der Waals surface area contributed by atoms with Gasteiger partial charge in [0, 0.05) is 43.5 Å². The van der Waals surface area contributed by atoms with Crippen LogP contribution in [0.3, 0.4) is 0 Å². The van der Waals surface area contributed by atoms with Crippen molar-refractivity contribution < 1.29 is 21.9 Å². The van der Waals surface area contributed by atoms with Crippen molar-refractivity contribution in [3.63, 3.8) is 0 Å². The molecule has 190 valence electrons. The van der Waals surface area contributed by atoms with Crippen molar-refractivity contribution in [2.24, 2.45) is 7.05 Å². The third-order valence-electron chi connectivity index (χ3n) is 6.44. The number of nitrogens with zero attached hydrogens (tertiary/aromatic N) is 5. The van der Waals surface area contributed by atoms with Crippen molar-refractivity contribution in [3.05, 3.63) is 60.6 Å². The van der Waals surface area contributed by atoms with Gasteiger partial charge in [0.1, 0.15) is 11.4 Å². The summed E-state index contributed by atoms with van der Waals surface area (Å²) in [5, 5.41) is 5.32. The molecule has 1 aliphatic heterocycles. The number of aromatic nitrogens is 4. The molecule has 0 atom stereocenters. The number of hydrogen-bond acceptors (Lipinski definition) is 6. The van der Waals surface area contributed by atoms with Crippen LogP contribution in [0.1, 0.15) is 12.0 Å². The molecule has 4 aromatic rings. The maximum absolute atomic E-state index is 12.5. The number of halogens is 2. The Balaban J connectivity index is 1.40. The minimum atomic E-state index is -2.88. The third kappa shape index (κ3) is 5.41. The molecule has 5 rings (SSSR count). The van der Waals surface area contributed by atoms with Crippen LogP contribution in [0.15, 0.2) is 55.0 Å². The number of benzene rings is 1. The number of pyridine rings is 1.